The normalized spacial score (nSPS) is 31.9. The second kappa shape index (κ2) is 6.06. The maximum Gasteiger partial charge on any atom is 0.0169 e. The summed E-state index contributed by atoms with van der Waals surface area (Å²) in [5, 5.41) is 3.47. The van der Waals surface area contributed by atoms with Gasteiger partial charge >= 0.3 is 0 Å². The van der Waals surface area contributed by atoms with Gasteiger partial charge in [-0.25, -0.2) is 0 Å². The second-order valence-corrected chi connectivity index (χ2v) is 3.19. The minimum Gasteiger partial charge on any atom is -0.309 e. The van der Waals surface area contributed by atoms with E-state index in [-0.39, 0.29) is 24.8 Å². The van der Waals surface area contributed by atoms with E-state index < -0.39 is 0 Å². The van der Waals surface area contributed by atoms with Crippen LogP contribution >= 0.6 is 24.8 Å². The highest BCUT2D eigenvalue weighted by Crippen LogP contribution is 1.99. The third-order valence-corrected chi connectivity index (χ3v) is 1.74. The molecule has 0 radical (unpaired) electrons. The van der Waals surface area contributed by atoms with E-state index in [4.69, 9.17) is 0 Å². The molecule has 0 aromatic rings. The summed E-state index contributed by atoms with van der Waals surface area (Å²) in [4.78, 5) is 2.37. The van der Waals surface area contributed by atoms with Gasteiger partial charge in [0.25, 0.3) is 0 Å². The fraction of sp³-hybridized carbons (Fsp3) is 1.00. The number of nitrogens with one attached hydrogen (secondary N) is 1. The fourth-order valence-electron chi connectivity index (χ4n) is 1.60. The van der Waals surface area contributed by atoms with Gasteiger partial charge in [-0.2, -0.15) is 0 Å². The van der Waals surface area contributed by atoms with Crippen molar-refractivity contribution in [2.75, 3.05) is 20.1 Å². The van der Waals surface area contributed by atoms with Crippen LogP contribution < -0.4 is 5.32 Å². The van der Waals surface area contributed by atoms with Crippen molar-refractivity contribution in [3.8, 4) is 0 Å². The number of halogens is 2. The van der Waals surface area contributed by atoms with Crippen LogP contribution in [0.3, 0.4) is 0 Å². The van der Waals surface area contributed by atoms with Gasteiger partial charge in [-0.1, -0.05) is 0 Å². The fourth-order valence-corrected chi connectivity index (χ4v) is 1.60. The molecule has 0 aliphatic carbocycles. The van der Waals surface area contributed by atoms with Gasteiger partial charge in [-0.3, -0.25) is 0 Å². The van der Waals surface area contributed by atoms with E-state index in [1.807, 2.05) is 0 Å². The summed E-state index contributed by atoms with van der Waals surface area (Å²) in [6, 6.07) is 1.33. The zero-order valence-corrected chi connectivity index (χ0v) is 8.97. The van der Waals surface area contributed by atoms with Gasteiger partial charge in [-0.15, -0.1) is 24.8 Å². The predicted molar refractivity (Wildman–Crippen MR) is 54.1 cm³/mol. The molecule has 0 aromatic carbocycles. The Labute approximate surface area is 81.5 Å². The molecule has 0 saturated carbocycles. The van der Waals surface area contributed by atoms with Crippen LogP contribution in [-0.2, 0) is 0 Å². The van der Waals surface area contributed by atoms with E-state index in [1.54, 1.807) is 0 Å². The minimum atomic E-state index is 0. The van der Waals surface area contributed by atoms with Crippen LogP contribution in [0.15, 0.2) is 0 Å². The molecular weight excluding hydrogens is 183 g/mol. The van der Waals surface area contributed by atoms with E-state index >= 15 is 0 Å². The summed E-state index contributed by atoms with van der Waals surface area (Å²) < 4.78 is 0. The molecule has 11 heavy (non-hydrogen) atoms. The lowest BCUT2D eigenvalue weighted by atomic mass is 10.2. The molecule has 0 amide bonds. The molecule has 1 aliphatic rings. The lowest BCUT2D eigenvalue weighted by Crippen LogP contribution is -2.52. The van der Waals surface area contributed by atoms with Crippen molar-refractivity contribution in [3.63, 3.8) is 0 Å². The first-order chi connectivity index (χ1) is 4.18. The second-order valence-electron chi connectivity index (χ2n) is 3.19. The van der Waals surface area contributed by atoms with Crippen LogP contribution in [-0.4, -0.2) is 37.1 Å². The van der Waals surface area contributed by atoms with Crippen molar-refractivity contribution in [2.45, 2.75) is 25.9 Å². The first kappa shape index (κ1) is 14.0. The van der Waals surface area contributed by atoms with Crippen LogP contribution in [0.2, 0.25) is 0 Å². The third-order valence-electron chi connectivity index (χ3n) is 1.74. The van der Waals surface area contributed by atoms with Crippen LogP contribution in [0.5, 0.6) is 0 Å². The number of likely N-dealkylation sites (N-methyl/N-ethyl adjacent to an activating group) is 1. The highest BCUT2D eigenvalue weighted by molar-refractivity contribution is 5.85. The molecule has 1 rings (SSSR count). The van der Waals surface area contributed by atoms with Crippen molar-refractivity contribution < 1.29 is 0 Å². The summed E-state index contributed by atoms with van der Waals surface area (Å²) in [6.07, 6.45) is 0. The molecule has 4 heteroatoms. The quantitative estimate of drug-likeness (QED) is 0.632. The summed E-state index contributed by atoms with van der Waals surface area (Å²) in [6.45, 7) is 6.83. The highest BCUT2D eigenvalue weighted by atomic mass is 35.5. The summed E-state index contributed by atoms with van der Waals surface area (Å²) >= 11 is 0. The Balaban J connectivity index is 0. The van der Waals surface area contributed by atoms with Gasteiger partial charge in [-0.05, 0) is 20.9 Å². The van der Waals surface area contributed by atoms with Gasteiger partial charge in [0.2, 0.25) is 0 Å². The zero-order valence-electron chi connectivity index (χ0n) is 7.33. The van der Waals surface area contributed by atoms with Crippen molar-refractivity contribution in [1.29, 1.82) is 0 Å². The Hall–Kier alpha value is 0.500. The van der Waals surface area contributed by atoms with E-state index in [0.29, 0.717) is 12.1 Å². The van der Waals surface area contributed by atoms with Crippen LogP contribution in [0.25, 0.3) is 0 Å². The maximum atomic E-state index is 3.47. The predicted octanol–water partition coefficient (Wildman–Crippen LogP) is 1.14. The van der Waals surface area contributed by atoms with Crippen molar-refractivity contribution in [2.24, 2.45) is 0 Å². The lowest BCUT2D eigenvalue weighted by Gasteiger charge is -2.33. The smallest absolute Gasteiger partial charge is 0.0169 e. The van der Waals surface area contributed by atoms with Crippen LogP contribution in [0.4, 0.5) is 0 Å². The molecular formula is C7H18Cl2N2. The minimum absolute atomic E-state index is 0. The van der Waals surface area contributed by atoms with Gasteiger partial charge in [0, 0.05) is 25.2 Å². The Morgan fingerprint density at radius 1 is 1.09 bits per heavy atom. The SMILES string of the molecule is C[C@@H]1CN(C)C[C@@H](C)N1.Cl.Cl. The molecule has 2 atom stereocenters. The van der Waals surface area contributed by atoms with E-state index in [2.05, 4.69) is 31.1 Å². The largest absolute Gasteiger partial charge is 0.309 e. The molecule has 0 bridgehead atoms. The first-order valence-electron chi connectivity index (χ1n) is 3.63. The van der Waals surface area contributed by atoms with Gasteiger partial charge in [0.05, 0.1) is 0 Å². The summed E-state index contributed by atoms with van der Waals surface area (Å²) in [5.41, 5.74) is 0. The Morgan fingerprint density at radius 2 is 1.45 bits per heavy atom. The molecule has 1 aliphatic heterocycles. The number of rotatable bonds is 0. The topological polar surface area (TPSA) is 15.3 Å². The monoisotopic (exact) mass is 200 g/mol. The van der Waals surface area contributed by atoms with Gasteiger partial charge < -0.3 is 10.2 Å². The average molecular weight is 201 g/mol. The number of hydrogen-bond acceptors (Lipinski definition) is 2. The highest BCUT2D eigenvalue weighted by Gasteiger charge is 2.16. The molecule has 1 N–H and O–H groups in total. The van der Waals surface area contributed by atoms with E-state index in [1.165, 1.54) is 13.1 Å². The van der Waals surface area contributed by atoms with Gasteiger partial charge in [0.1, 0.15) is 0 Å². The van der Waals surface area contributed by atoms with Crippen molar-refractivity contribution >= 4 is 24.8 Å². The van der Waals surface area contributed by atoms with Crippen LogP contribution in [0.1, 0.15) is 13.8 Å². The lowest BCUT2D eigenvalue weighted by molar-refractivity contribution is 0.208. The molecule has 0 aromatic heterocycles. The molecule has 70 valence electrons. The molecule has 2 nitrogen and oxygen atoms in total. The zero-order chi connectivity index (χ0) is 6.85. The Morgan fingerprint density at radius 3 is 1.73 bits per heavy atom. The standard InChI is InChI=1S/C7H16N2.2ClH/c1-6-4-9(3)5-7(2)8-6;;/h6-8H,4-5H2,1-3H3;2*1H/t6-,7-;;/m1../s1. The number of hydrogen-bond donors (Lipinski definition) is 1. The molecule has 1 heterocycles. The molecule has 0 unspecified atom stereocenters. The molecule has 1 fully saturated rings. The molecule has 0 spiro atoms. The maximum absolute atomic E-state index is 3.47. The third kappa shape index (κ3) is 4.86. The van der Waals surface area contributed by atoms with Crippen LogP contribution in [0, 0.1) is 0 Å². The number of piperazine rings is 1. The van der Waals surface area contributed by atoms with Gasteiger partial charge in [0.15, 0.2) is 0 Å². The van der Waals surface area contributed by atoms with E-state index in [0.717, 1.165) is 0 Å². The Bertz CT molecular complexity index is 75.4. The molecule has 1 saturated heterocycles. The van der Waals surface area contributed by atoms with Crippen molar-refractivity contribution in [3.05, 3.63) is 0 Å². The average Bonchev–Trinajstić information content (AvgIpc) is 1.59. The number of nitrogens with zero attached hydrogens (tertiary/aromatic N) is 1. The first-order valence-corrected chi connectivity index (χ1v) is 3.63. The summed E-state index contributed by atoms with van der Waals surface area (Å²) in [7, 11) is 2.17. The Kier molecular flexibility index (Phi) is 7.75. The van der Waals surface area contributed by atoms with E-state index in [9.17, 15) is 0 Å². The summed E-state index contributed by atoms with van der Waals surface area (Å²) in [5.74, 6) is 0. The van der Waals surface area contributed by atoms with Crippen molar-refractivity contribution in [1.82, 2.24) is 10.2 Å².